The number of fused-ring (bicyclic) bond motifs is 5. The first-order valence-corrected chi connectivity index (χ1v) is 25.8. The molecule has 0 saturated heterocycles. The standard InChI is InChI=1S/C56H58N6O5S2/c1-4-6-36-10-13-45(68-36)46-14-15-47(69-46)52(66)42-18-20-55-19-17-41-50(40(44(65)28-63)26-56(41,42)29-55)32-9-11-37-34(23-49(55)62-53(57)58-3)22-43(64)38-12-16-48(61-51(37)38)54(2,67)25-33-8-5-7-31(21-32)39(33)24-35-27-59-30-60-35/h5,7-8,10,12-17,19,22,27,30,32,40-42,44,48-50,61,63-65,67H,18,20-21,23-26,28-29H2,1-3H3,(H,59,60)(H3,57,58,62)/t32-,40-,41+,42+,44-,48-,49-,50-,54-,55+,56+/m1/s1. The maximum absolute atomic E-state index is 15.6. The minimum absolute atomic E-state index is 0.103. The summed E-state index contributed by atoms with van der Waals surface area (Å²) in [6.07, 6.45) is 15.3. The van der Waals surface area contributed by atoms with Gasteiger partial charge in [0.25, 0.3) is 0 Å². The number of rotatable bonds is 8. The van der Waals surface area contributed by atoms with Gasteiger partial charge in [0.05, 0.1) is 51.7 Å². The number of anilines is 1. The van der Waals surface area contributed by atoms with Gasteiger partial charge in [-0.3, -0.25) is 9.79 Å². The summed E-state index contributed by atoms with van der Waals surface area (Å²) in [6, 6.07) is 15.4. The molecule has 5 heterocycles. The van der Waals surface area contributed by atoms with E-state index in [1.165, 1.54) is 11.3 Å². The smallest absolute Gasteiger partial charge is 0.188 e. The molecule has 2 fully saturated rings. The van der Waals surface area contributed by atoms with E-state index in [1.54, 1.807) is 24.7 Å². The fraction of sp³-hybridized carbons (Fsp3) is 0.411. The van der Waals surface area contributed by atoms with Gasteiger partial charge in [0.15, 0.2) is 11.7 Å². The molecule has 11 rings (SSSR count). The molecule has 6 aliphatic rings. The first kappa shape index (κ1) is 45.5. The van der Waals surface area contributed by atoms with Gasteiger partial charge < -0.3 is 41.8 Å². The molecule has 0 amide bonds. The van der Waals surface area contributed by atoms with Gasteiger partial charge in [-0.15, -0.1) is 28.6 Å². The number of guanidine groups is 1. The van der Waals surface area contributed by atoms with Crippen LogP contribution in [0.2, 0.25) is 0 Å². The van der Waals surface area contributed by atoms with Gasteiger partial charge in [-0.25, -0.2) is 4.98 Å². The topological polar surface area (TPSA) is 189 Å². The number of carbonyl (C=O) groups excluding carboxylic acids is 1. The number of imidazole rings is 1. The van der Waals surface area contributed by atoms with Gasteiger partial charge >= 0.3 is 0 Å². The third-order valence-electron chi connectivity index (χ3n) is 16.7. The van der Waals surface area contributed by atoms with E-state index in [4.69, 9.17) is 5.73 Å². The number of phenolic OH excluding ortho intramolecular Hbond substituents is 1. The van der Waals surface area contributed by atoms with E-state index in [9.17, 15) is 20.4 Å². The van der Waals surface area contributed by atoms with Crippen molar-refractivity contribution < 1.29 is 25.2 Å². The fourth-order valence-corrected chi connectivity index (χ4v) is 15.5. The molecule has 11 atom stereocenters. The van der Waals surface area contributed by atoms with Crippen LogP contribution in [0.4, 0.5) is 5.69 Å². The van der Waals surface area contributed by atoms with Gasteiger partial charge in [-0.05, 0) is 128 Å². The largest absolute Gasteiger partial charge is 0.507 e. The Balaban J connectivity index is 1.13. The lowest BCUT2D eigenvalue weighted by Gasteiger charge is -2.58. The second kappa shape index (κ2) is 17.5. The van der Waals surface area contributed by atoms with E-state index >= 15 is 4.79 Å². The Bertz CT molecular complexity index is 3070. The Hall–Kier alpha value is -5.93. The van der Waals surface area contributed by atoms with E-state index in [0.29, 0.717) is 62.6 Å². The second-order valence-electron chi connectivity index (χ2n) is 20.5. The molecule has 354 valence electrons. The number of hydrogen-bond donors (Lipinski definition) is 8. The number of thiophene rings is 2. The van der Waals surface area contributed by atoms with Crippen molar-refractivity contribution in [1.29, 1.82) is 0 Å². The van der Waals surface area contributed by atoms with Crippen LogP contribution in [-0.4, -0.2) is 79.6 Å². The summed E-state index contributed by atoms with van der Waals surface area (Å²) in [4.78, 5) is 31.4. The van der Waals surface area contributed by atoms with Gasteiger partial charge in [0, 0.05) is 70.4 Å². The first-order chi connectivity index (χ1) is 33.3. The maximum Gasteiger partial charge on any atom is 0.188 e. The molecule has 0 radical (unpaired) electrons. The monoisotopic (exact) mass is 958 g/mol. The van der Waals surface area contributed by atoms with Crippen molar-refractivity contribution in [1.82, 2.24) is 15.3 Å². The van der Waals surface area contributed by atoms with Crippen LogP contribution >= 0.6 is 22.7 Å². The third kappa shape index (κ3) is 7.74. The summed E-state index contributed by atoms with van der Waals surface area (Å²) in [5.41, 5.74) is 11.1. The molecule has 9 N–H and O–H groups in total. The van der Waals surface area contributed by atoms with Crippen LogP contribution in [-0.2, 0) is 25.7 Å². The number of phenols is 1. The van der Waals surface area contributed by atoms with Crippen molar-refractivity contribution in [3.63, 3.8) is 0 Å². The third-order valence-corrected chi connectivity index (χ3v) is 19.0. The Morgan fingerprint density at radius 3 is 2.74 bits per heavy atom. The van der Waals surface area contributed by atoms with Gasteiger partial charge in [0.1, 0.15) is 5.75 Å². The Labute approximate surface area is 411 Å². The van der Waals surface area contributed by atoms with Crippen LogP contribution in [0.3, 0.4) is 0 Å². The van der Waals surface area contributed by atoms with Crippen LogP contribution in [0.5, 0.6) is 5.75 Å². The number of hydrogen-bond acceptors (Lipinski definition) is 10. The number of ketones is 1. The molecule has 0 unspecified atom stereocenters. The Morgan fingerprint density at radius 1 is 1.12 bits per heavy atom. The molecular formula is C56H58N6O5S2. The van der Waals surface area contributed by atoms with Crippen molar-refractivity contribution in [3.05, 3.63) is 128 Å². The predicted molar refractivity (Wildman–Crippen MR) is 273 cm³/mol. The highest BCUT2D eigenvalue weighted by atomic mass is 32.1. The highest BCUT2D eigenvalue weighted by Gasteiger charge is 2.66. The molecule has 2 spiro atoms. The number of aliphatic hydroxyl groups is 3. The lowest BCUT2D eigenvalue weighted by Crippen LogP contribution is -2.59. The average Bonchev–Trinajstić information content (AvgIpc) is 4.18. The zero-order chi connectivity index (χ0) is 47.8. The molecule has 2 aromatic carbocycles. The zero-order valence-electron chi connectivity index (χ0n) is 39.1. The van der Waals surface area contributed by atoms with E-state index in [1.807, 2.05) is 50.4 Å². The maximum atomic E-state index is 15.6. The molecule has 2 saturated carbocycles. The van der Waals surface area contributed by atoms with Gasteiger partial charge in [-0.2, -0.15) is 0 Å². The molecule has 9 bridgehead atoms. The lowest BCUT2D eigenvalue weighted by atomic mass is 9.47. The Kier molecular flexibility index (Phi) is 11.5. The van der Waals surface area contributed by atoms with E-state index in [-0.39, 0.29) is 47.2 Å². The number of H-pyrrole nitrogens is 1. The molecule has 69 heavy (non-hydrogen) atoms. The number of aromatic amines is 1. The number of carbonyl (C=O) groups is 1. The van der Waals surface area contributed by atoms with Crippen LogP contribution in [0.15, 0.2) is 84.3 Å². The second-order valence-corrected chi connectivity index (χ2v) is 22.7. The number of nitrogens with one attached hydrogen (secondary N) is 3. The van der Waals surface area contributed by atoms with E-state index in [2.05, 4.69) is 91.8 Å². The summed E-state index contributed by atoms with van der Waals surface area (Å²) in [7, 11) is 1.66. The molecule has 5 aromatic rings. The van der Waals surface area contributed by atoms with Crippen molar-refractivity contribution in [3.8, 4) is 39.2 Å². The van der Waals surface area contributed by atoms with Crippen LogP contribution < -0.4 is 16.4 Å². The number of aliphatic hydroxyl groups excluding tert-OH is 2. The summed E-state index contributed by atoms with van der Waals surface area (Å²) < 4.78 is 0. The number of aromatic hydroxyl groups is 1. The summed E-state index contributed by atoms with van der Waals surface area (Å²) in [5.74, 6) is 12.7. The quantitative estimate of drug-likeness (QED) is 0.0257. The van der Waals surface area contributed by atoms with E-state index < -0.39 is 41.1 Å². The van der Waals surface area contributed by atoms with Gasteiger partial charge in [-0.1, -0.05) is 60.3 Å². The number of allylic oxidation sites excluding steroid dienone is 1. The van der Waals surface area contributed by atoms with Crippen molar-refractivity contribution in [2.75, 3.05) is 19.0 Å². The molecule has 13 heteroatoms. The number of nitrogens with two attached hydrogens (primary N) is 1. The van der Waals surface area contributed by atoms with Crippen molar-refractivity contribution in [2.24, 2.45) is 51.1 Å². The minimum Gasteiger partial charge on any atom is -0.507 e. The number of aromatic nitrogens is 2. The lowest BCUT2D eigenvalue weighted by molar-refractivity contribution is -0.0214. The normalized spacial score (nSPS) is 30.9. The predicted octanol–water partition coefficient (Wildman–Crippen LogP) is 7.48. The fourth-order valence-electron chi connectivity index (χ4n) is 13.5. The molecule has 2 aliphatic heterocycles. The number of Topliss-reactive ketones (excluding diaryl/α,β-unsaturated/α-hetero) is 1. The zero-order valence-corrected chi connectivity index (χ0v) is 40.7. The van der Waals surface area contributed by atoms with Crippen molar-refractivity contribution in [2.45, 2.75) is 89.0 Å². The number of aliphatic imine (C=N–C) groups is 1. The highest BCUT2D eigenvalue weighted by Crippen LogP contribution is 2.70. The minimum atomic E-state index is -1.27. The Morgan fingerprint density at radius 2 is 1.94 bits per heavy atom. The molecular weight excluding hydrogens is 901 g/mol. The molecule has 11 nitrogen and oxygen atoms in total. The number of nitrogens with zero attached hydrogens (tertiary/aromatic N) is 2. The van der Waals surface area contributed by atoms with E-state index in [0.717, 1.165) is 53.0 Å². The number of benzene rings is 2. The van der Waals surface area contributed by atoms with Gasteiger partial charge in [0.2, 0.25) is 0 Å². The first-order valence-electron chi connectivity index (χ1n) is 24.1. The summed E-state index contributed by atoms with van der Waals surface area (Å²) in [6.45, 7) is 3.27. The molecule has 3 aromatic heterocycles. The van der Waals surface area contributed by atoms with Crippen LogP contribution in [0, 0.1) is 64.1 Å². The van der Waals surface area contributed by atoms with Crippen LogP contribution in [0.25, 0.3) is 15.8 Å². The summed E-state index contributed by atoms with van der Waals surface area (Å²) >= 11 is 3.16. The van der Waals surface area contributed by atoms with Crippen molar-refractivity contribution >= 4 is 46.2 Å². The van der Waals surface area contributed by atoms with Crippen LogP contribution in [0.1, 0.15) is 93.2 Å². The summed E-state index contributed by atoms with van der Waals surface area (Å²) in [5, 5.41) is 55.0. The molecule has 4 aliphatic carbocycles. The highest BCUT2D eigenvalue weighted by molar-refractivity contribution is 7.23. The average molecular weight is 959 g/mol. The SMILES string of the molecule is CC#Cc1ccc(-c2ccc(C(=O)[C@@H]3CC[C@@]45C=C[C@H]6[C@@H]([C@@H]([C@H](O)CO)C[C@@]36C4)[C@@H]3C#Cc4c(cc(O)c6c4N[C@H](C=C6)[C@](C)(O)Cc4cccc(c4Cc4cnc[nH]4)C3)C[C@H]5NC(N)=NC)s2)s1.